The minimum absolute atomic E-state index is 0.0754. The Morgan fingerprint density at radius 3 is 2.58 bits per heavy atom. The summed E-state index contributed by atoms with van der Waals surface area (Å²) in [6.07, 6.45) is 0.889. The maximum absolute atomic E-state index is 12.5. The smallest absolute Gasteiger partial charge is 0.273 e. The summed E-state index contributed by atoms with van der Waals surface area (Å²) in [5.74, 6) is 0.0339. The highest BCUT2D eigenvalue weighted by Crippen LogP contribution is 2.42. The van der Waals surface area contributed by atoms with E-state index in [9.17, 15) is 14.4 Å². The highest BCUT2D eigenvalue weighted by molar-refractivity contribution is 5.81. The van der Waals surface area contributed by atoms with E-state index in [1.807, 2.05) is 12.1 Å². The average molecular weight is 349 g/mol. The van der Waals surface area contributed by atoms with Crippen LogP contribution in [-0.4, -0.2) is 21.7 Å². The summed E-state index contributed by atoms with van der Waals surface area (Å²) in [6, 6.07) is 14.8. The van der Waals surface area contributed by atoms with Gasteiger partial charge in [-0.05, 0) is 36.6 Å². The molecular weight excluding hydrogens is 330 g/mol. The molecule has 1 aliphatic rings. The molecule has 1 heterocycles. The number of nitrogens with zero attached hydrogens (tertiary/aromatic N) is 1. The van der Waals surface area contributed by atoms with E-state index in [0.29, 0.717) is 16.7 Å². The maximum atomic E-state index is 12.5. The van der Waals surface area contributed by atoms with Gasteiger partial charge in [0.25, 0.3) is 11.1 Å². The van der Waals surface area contributed by atoms with Gasteiger partial charge < -0.3 is 5.32 Å². The van der Waals surface area contributed by atoms with E-state index in [2.05, 4.69) is 29.5 Å². The molecule has 132 valence electrons. The van der Waals surface area contributed by atoms with Gasteiger partial charge in [-0.3, -0.25) is 19.5 Å². The maximum Gasteiger partial charge on any atom is 0.273 e. The zero-order valence-corrected chi connectivity index (χ0v) is 14.4. The number of fused-ring (bicyclic) bond motifs is 1. The van der Waals surface area contributed by atoms with Gasteiger partial charge in [0.2, 0.25) is 5.91 Å². The van der Waals surface area contributed by atoms with Crippen LogP contribution in [0.4, 0.5) is 0 Å². The Hall–Kier alpha value is -3.15. The van der Waals surface area contributed by atoms with Crippen LogP contribution in [-0.2, 0) is 11.3 Å². The number of hydrogen-bond donors (Lipinski definition) is 2. The summed E-state index contributed by atoms with van der Waals surface area (Å²) in [5.41, 5.74) is 1.71. The van der Waals surface area contributed by atoms with Gasteiger partial charge in [-0.2, -0.15) is 0 Å². The Kier molecular flexibility index (Phi) is 3.95. The van der Waals surface area contributed by atoms with Crippen LogP contribution in [0.15, 0.2) is 58.1 Å². The molecule has 4 rings (SSSR count). The van der Waals surface area contributed by atoms with E-state index in [0.717, 1.165) is 11.1 Å². The second kappa shape index (κ2) is 6.29. The molecule has 2 N–H and O–H groups in total. The number of aryl methyl sites for hydroxylation is 1. The van der Waals surface area contributed by atoms with E-state index in [1.165, 1.54) is 11.1 Å². The van der Waals surface area contributed by atoms with Crippen molar-refractivity contribution in [2.24, 2.45) is 0 Å². The lowest BCUT2D eigenvalue weighted by Gasteiger charge is -2.09. The number of aromatic nitrogens is 2. The van der Waals surface area contributed by atoms with Gasteiger partial charge in [0.1, 0.15) is 6.54 Å². The SMILES string of the molecule is Cc1ccccc1[C@H]1C[C@H]1NC(=O)Cn1[nH]c(=O)c2ccccc2c1=O. The zero-order valence-electron chi connectivity index (χ0n) is 14.4. The molecule has 1 aromatic heterocycles. The lowest BCUT2D eigenvalue weighted by atomic mass is 10.0. The lowest BCUT2D eigenvalue weighted by Crippen LogP contribution is -2.37. The van der Waals surface area contributed by atoms with Crippen LogP contribution in [0.25, 0.3) is 10.8 Å². The summed E-state index contributed by atoms with van der Waals surface area (Å²) < 4.78 is 1.07. The minimum Gasteiger partial charge on any atom is -0.351 e. The number of carbonyl (C=O) groups excluding carboxylic acids is 1. The predicted octanol–water partition coefficient (Wildman–Crippen LogP) is 1.67. The van der Waals surface area contributed by atoms with Crippen molar-refractivity contribution in [1.29, 1.82) is 0 Å². The lowest BCUT2D eigenvalue weighted by molar-refractivity contribution is -0.122. The first kappa shape index (κ1) is 16.3. The first-order chi connectivity index (χ1) is 12.5. The van der Waals surface area contributed by atoms with E-state index in [-0.39, 0.29) is 29.6 Å². The average Bonchev–Trinajstić information content (AvgIpc) is 3.38. The predicted molar refractivity (Wildman–Crippen MR) is 99.3 cm³/mol. The van der Waals surface area contributed by atoms with Gasteiger partial charge in [-0.1, -0.05) is 36.4 Å². The number of rotatable bonds is 4. The normalized spacial score (nSPS) is 18.7. The monoisotopic (exact) mass is 349 g/mol. The van der Waals surface area contributed by atoms with Crippen molar-refractivity contribution in [1.82, 2.24) is 15.1 Å². The highest BCUT2D eigenvalue weighted by Gasteiger charge is 2.40. The third-order valence-corrected chi connectivity index (χ3v) is 4.91. The molecule has 2 aromatic carbocycles. The van der Waals surface area contributed by atoms with Crippen molar-refractivity contribution in [2.75, 3.05) is 0 Å². The van der Waals surface area contributed by atoms with E-state index < -0.39 is 0 Å². The topological polar surface area (TPSA) is 84.0 Å². The Balaban J connectivity index is 1.49. The number of amides is 1. The molecule has 6 nitrogen and oxygen atoms in total. The third kappa shape index (κ3) is 2.94. The molecule has 1 aliphatic carbocycles. The quantitative estimate of drug-likeness (QED) is 0.751. The van der Waals surface area contributed by atoms with Gasteiger partial charge in [0.05, 0.1) is 10.8 Å². The van der Waals surface area contributed by atoms with E-state index in [1.54, 1.807) is 24.3 Å². The largest absolute Gasteiger partial charge is 0.351 e. The van der Waals surface area contributed by atoms with Crippen molar-refractivity contribution in [3.63, 3.8) is 0 Å². The molecule has 1 saturated carbocycles. The van der Waals surface area contributed by atoms with Crippen LogP contribution in [0.1, 0.15) is 23.5 Å². The molecule has 6 heteroatoms. The molecule has 3 aromatic rings. The second-order valence-corrected chi connectivity index (χ2v) is 6.75. The molecule has 26 heavy (non-hydrogen) atoms. The standard InChI is InChI=1S/C20H19N3O3/c1-12-6-2-3-7-13(12)16-10-17(16)21-18(24)11-23-20(26)15-9-5-4-8-14(15)19(25)22-23/h2-9,16-17H,10-11H2,1H3,(H,21,24)(H,22,25)/t16-,17-/m1/s1. The van der Waals surface area contributed by atoms with Gasteiger partial charge in [-0.25, -0.2) is 4.68 Å². The van der Waals surface area contributed by atoms with Gasteiger partial charge in [-0.15, -0.1) is 0 Å². The number of aromatic amines is 1. The molecule has 1 fully saturated rings. The molecule has 2 atom stereocenters. The fourth-order valence-electron chi connectivity index (χ4n) is 3.46. The Morgan fingerprint density at radius 1 is 1.12 bits per heavy atom. The second-order valence-electron chi connectivity index (χ2n) is 6.75. The first-order valence-corrected chi connectivity index (χ1v) is 8.61. The molecule has 0 unspecified atom stereocenters. The molecule has 0 aliphatic heterocycles. The Bertz CT molecular complexity index is 1110. The summed E-state index contributed by atoms with van der Waals surface area (Å²) in [7, 11) is 0. The van der Waals surface area contributed by atoms with Crippen LogP contribution in [0.3, 0.4) is 0 Å². The number of carbonyl (C=O) groups is 1. The number of nitrogens with one attached hydrogen (secondary N) is 2. The molecule has 1 amide bonds. The number of H-pyrrole nitrogens is 1. The Labute approximate surface area is 149 Å². The van der Waals surface area contributed by atoms with Crippen molar-refractivity contribution in [3.05, 3.63) is 80.4 Å². The highest BCUT2D eigenvalue weighted by atomic mass is 16.2. The van der Waals surface area contributed by atoms with Crippen molar-refractivity contribution in [3.8, 4) is 0 Å². The third-order valence-electron chi connectivity index (χ3n) is 4.91. The van der Waals surface area contributed by atoms with Crippen molar-refractivity contribution >= 4 is 16.7 Å². The van der Waals surface area contributed by atoms with Crippen LogP contribution >= 0.6 is 0 Å². The Morgan fingerprint density at radius 2 is 1.81 bits per heavy atom. The number of benzene rings is 2. The molecule has 0 spiro atoms. The van der Waals surface area contributed by atoms with Crippen molar-refractivity contribution in [2.45, 2.75) is 31.8 Å². The molecule has 0 radical (unpaired) electrons. The zero-order chi connectivity index (χ0) is 18.3. The van der Waals surface area contributed by atoms with E-state index in [4.69, 9.17) is 0 Å². The van der Waals surface area contributed by atoms with Gasteiger partial charge in [0, 0.05) is 12.0 Å². The van der Waals surface area contributed by atoms with Gasteiger partial charge >= 0.3 is 0 Å². The first-order valence-electron chi connectivity index (χ1n) is 8.61. The van der Waals surface area contributed by atoms with Crippen LogP contribution in [0, 0.1) is 6.92 Å². The van der Waals surface area contributed by atoms with Crippen molar-refractivity contribution < 1.29 is 4.79 Å². The molecular formula is C20H19N3O3. The van der Waals surface area contributed by atoms with Crippen LogP contribution in [0.5, 0.6) is 0 Å². The summed E-state index contributed by atoms with van der Waals surface area (Å²) >= 11 is 0. The number of hydrogen-bond acceptors (Lipinski definition) is 3. The van der Waals surface area contributed by atoms with Crippen LogP contribution in [0.2, 0.25) is 0 Å². The fraction of sp³-hybridized carbons (Fsp3) is 0.250. The molecule has 0 saturated heterocycles. The van der Waals surface area contributed by atoms with Gasteiger partial charge in [0.15, 0.2) is 0 Å². The summed E-state index contributed by atoms with van der Waals surface area (Å²) in [4.78, 5) is 36.9. The fourth-order valence-corrected chi connectivity index (χ4v) is 3.46. The van der Waals surface area contributed by atoms with Crippen LogP contribution < -0.4 is 16.4 Å². The summed E-state index contributed by atoms with van der Waals surface area (Å²) in [6.45, 7) is 1.86. The molecule has 0 bridgehead atoms. The van der Waals surface area contributed by atoms with E-state index >= 15 is 0 Å². The summed E-state index contributed by atoms with van der Waals surface area (Å²) in [5, 5.41) is 6.08. The minimum atomic E-state index is -0.378.